The summed E-state index contributed by atoms with van der Waals surface area (Å²) < 4.78 is 10.7. The summed E-state index contributed by atoms with van der Waals surface area (Å²) in [5.41, 5.74) is 3.24. The van der Waals surface area contributed by atoms with E-state index >= 15 is 0 Å². The maximum absolute atomic E-state index is 12.5. The number of nitrogens with zero attached hydrogens (tertiary/aromatic N) is 1. The minimum atomic E-state index is -0.433. The van der Waals surface area contributed by atoms with Crippen LogP contribution in [0, 0.1) is 12.3 Å². The third-order valence-corrected chi connectivity index (χ3v) is 4.70. The third-order valence-electron chi connectivity index (χ3n) is 4.70. The molecule has 2 aromatic carbocycles. The smallest absolute Gasteiger partial charge is 0.419 e. The number of nitrogens with two attached hydrogens (primary N) is 1. The lowest BCUT2D eigenvalue weighted by Crippen LogP contribution is -3.00. The van der Waals surface area contributed by atoms with Gasteiger partial charge < -0.3 is 27.2 Å². The Morgan fingerprint density at radius 1 is 1.26 bits per heavy atom. The Bertz CT molecular complexity index is 830. The summed E-state index contributed by atoms with van der Waals surface area (Å²) in [7, 11) is 3.29. The Morgan fingerprint density at radius 3 is 2.63 bits per heavy atom. The van der Waals surface area contributed by atoms with Gasteiger partial charge in [-0.15, -0.1) is 6.42 Å². The molecule has 1 aliphatic carbocycles. The van der Waals surface area contributed by atoms with Crippen molar-refractivity contribution in [3.05, 3.63) is 53.6 Å². The molecule has 0 aliphatic heterocycles. The van der Waals surface area contributed by atoms with E-state index in [2.05, 4.69) is 11.2 Å². The van der Waals surface area contributed by atoms with Crippen LogP contribution in [-0.2, 0) is 6.42 Å². The van der Waals surface area contributed by atoms with Gasteiger partial charge in [-0.2, -0.15) is 0 Å². The number of ether oxygens (including phenoxy) is 2. The van der Waals surface area contributed by atoms with Gasteiger partial charge in [0.25, 0.3) is 0 Å². The predicted molar refractivity (Wildman–Crippen MR) is 101 cm³/mol. The molecule has 142 valence electrons. The molecule has 0 saturated heterocycles. The van der Waals surface area contributed by atoms with Gasteiger partial charge in [0.1, 0.15) is 24.1 Å². The van der Waals surface area contributed by atoms with Crippen LogP contribution >= 0.6 is 0 Å². The number of benzene rings is 2. The first-order valence-electron chi connectivity index (χ1n) is 8.61. The number of carbonyl (C=O) groups excluding carboxylic acids is 1. The molecule has 6 heteroatoms. The molecule has 2 aromatic rings. The number of quaternary nitrogens is 1. The van der Waals surface area contributed by atoms with Gasteiger partial charge >= 0.3 is 6.09 Å². The summed E-state index contributed by atoms with van der Waals surface area (Å²) in [5.74, 6) is 3.95. The van der Waals surface area contributed by atoms with Crippen molar-refractivity contribution in [3.63, 3.8) is 0 Å². The van der Waals surface area contributed by atoms with Crippen LogP contribution in [0.4, 0.5) is 10.5 Å². The number of amides is 1. The van der Waals surface area contributed by atoms with Gasteiger partial charge in [-0.1, -0.05) is 6.07 Å². The zero-order chi connectivity index (χ0) is 18.5. The SMILES string of the molecule is C#CC[NH2+]C1CCc2ccc(OC(=O)N(C)c3ccc(OC)cc3)cc21.[Cl-]. The highest BCUT2D eigenvalue weighted by atomic mass is 35.5. The first-order valence-corrected chi connectivity index (χ1v) is 8.61. The van der Waals surface area contributed by atoms with Crippen molar-refractivity contribution in [2.45, 2.75) is 18.9 Å². The van der Waals surface area contributed by atoms with Crippen LogP contribution in [0.2, 0.25) is 0 Å². The lowest BCUT2D eigenvalue weighted by Gasteiger charge is -2.18. The molecule has 0 bridgehead atoms. The van der Waals surface area contributed by atoms with Gasteiger partial charge in [0.2, 0.25) is 0 Å². The molecule has 1 atom stereocenters. The third kappa shape index (κ3) is 4.73. The van der Waals surface area contributed by atoms with Crippen molar-refractivity contribution < 1.29 is 32.0 Å². The second-order valence-corrected chi connectivity index (χ2v) is 6.27. The molecule has 1 unspecified atom stereocenters. The van der Waals surface area contributed by atoms with E-state index in [0.29, 0.717) is 18.3 Å². The number of carbonyl (C=O) groups is 1. The summed E-state index contributed by atoms with van der Waals surface area (Å²) in [6, 6.07) is 13.4. The van der Waals surface area contributed by atoms with Crippen molar-refractivity contribution in [2.24, 2.45) is 0 Å². The molecule has 0 saturated carbocycles. The predicted octanol–water partition coefficient (Wildman–Crippen LogP) is -0.482. The largest absolute Gasteiger partial charge is 1.00 e. The molecule has 2 N–H and O–H groups in total. The second kappa shape index (κ2) is 9.31. The highest BCUT2D eigenvalue weighted by Gasteiger charge is 2.26. The normalized spacial score (nSPS) is 14.5. The summed E-state index contributed by atoms with van der Waals surface area (Å²) in [6.07, 6.45) is 7.02. The second-order valence-electron chi connectivity index (χ2n) is 6.27. The van der Waals surface area contributed by atoms with Gasteiger partial charge in [-0.3, -0.25) is 4.90 Å². The highest BCUT2D eigenvalue weighted by Crippen LogP contribution is 2.31. The van der Waals surface area contributed by atoms with E-state index in [-0.39, 0.29) is 12.4 Å². The molecule has 27 heavy (non-hydrogen) atoms. The molecule has 0 radical (unpaired) electrons. The average Bonchev–Trinajstić information content (AvgIpc) is 3.08. The Hall–Kier alpha value is -2.68. The monoisotopic (exact) mass is 386 g/mol. The Morgan fingerprint density at radius 2 is 1.96 bits per heavy atom. The van der Waals surface area contributed by atoms with Crippen molar-refractivity contribution in [2.75, 3.05) is 25.6 Å². The fourth-order valence-electron chi connectivity index (χ4n) is 3.21. The van der Waals surface area contributed by atoms with Crippen LogP contribution in [0.15, 0.2) is 42.5 Å². The standard InChI is InChI=1S/C21H22N2O3.ClH/c1-4-13-22-20-12-6-15-5-9-18(14-19(15)20)26-21(24)23(2)16-7-10-17(25-3)11-8-16;/h1,5,7-11,14,20,22H,6,12-13H2,2-3H3;1H. The molecule has 3 rings (SSSR count). The van der Waals surface area contributed by atoms with Crippen LogP contribution in [0.5, 0.6) is 11.5 Å². The minimum Gasteiger partial charge on any atom is -1.00 e. The number of aryl methyl sites for hydroxylation is 1. The first-order chi connectivity index (χ1) is 12.6. The number of hydrogen-bond acceptors (Lipinski definition) is 3. The van der Waals surface area contributed by atoms with Crippen molar-refractivity contribution >= 4 is 11.8 Å². The fourth-order valence-corrected chi connectivity index (χ4v) is 3.21. The highest BCUT2D eigenvalue weighted by molar-refractivity contribution is 5.88. The van der Waals surface area contributed by atoms with E-state index in [1.165, 1.54) is 16.0 Å². The lowest BCUT2D eigenvalue weighted by molar-refractivity contribution is -0.685. The van der Waals surface area contributed by atoms with Gasteiger partial charge in [0, 0.05) is 24.7 Å². The van der Waals surface area contributed by atoms with Crippen molar-refractivity contribution in [1.82, 2.24) is 0 Å². The zero-order valence-electron chi connectivity index (χ0n) is 15.4. The van der Waals surface area contributed by atoms with E-state index in [1.807, 2.05) is 30.3 Å². The molecular formula is C21H23ClN2O3. The van der Waals surface area contributed by atoms with E-state index < -0.39 is 6.09 Å². The molecular weight excluding hydrogens is 364 g/mol. The van der Waals surface area contributed by atoms with Crippen LogP contribution in [0.25, 0.3) is 0 Å². The summed E-state index contributed by atoms with van der Waals surface area (Å²) >= 11 is 0. The van der Waals surface area contributed by atoms with Crippen LogP contribution in [-0.4, -0.2) is 26.8 Å². The number of halogens is 1. The van der Waals surface area contributed by atoms with Crippen molar-refractivity contribution in [1.29, 1.82) is 0 Å². The Labute approximate surface area is 166 Å². The molecule has 0 spiro atoms. The lowest BCUT2D eigenvalue weighted by atomic mass is 10.1. The van der Waals surface area contributed by atoms with E-state index in [9.17, 15) is 4.79 Å². The molecule has 1 amide bonds. The van der Waals surface area contributed by atoms with Crippen molar-refractivity contribution in [3.8, 4) is 23.8 Å². The van der Waals surface area contributed by atoms with E-state index in [4.69, 9.17) is 15.9 Å². The number of rotatable bonds is 5. The first kappa shape index (κ1) is 20.6. The number of fused-ring (bicyclic) bond motifs is 1. The van der Waals surface area contributed by atoms with Gasteiger partial charge in [0.05, 0.1) is 7.11 Å². The maximum Gasteiger partial charge on any atom is 0.419 e. The van der Waals surface area contributed by atoms with Gasteiger partial charge in [0.15, 0.2) is 0 Å². The van der Waals surface area contributed by atoms with E-state index in [1.54, 1.807) is 26.3 Å². The molecule has 5 nitrogen and oxygen atoms in total. The zero-order valence-corrected chi connectivity index (χ0v) is 16.2. The van der Waals surface area contributed by atoms with Crippen LogP contribution in [0.1, 0.15) is 23.6 Å². The van der Waals surface area contributed by atoms with Gasteiger partial charge in [-0.25, -0.2) is 4.79 Å². The quantitative estimate of drug-likeness (QED) is 0.706. The molecule has 1 aliphatic rings. The summed E-state index contributed by atoms with van der Waals surface area (Å²) in [6.45, 7) is 0.647. The number of terminal acetylenes is 1. The van der Waals surface area contributed by atoms with Gasteiger partial charge in [-0.05, 0) is 54.3 Å². The fraction of sp³-hybridized carbons (Fsp3) is 0.286. The summed E-state index contributed by atoms with van der Waals surface area (Å²) in [5, 5.41) is 2.15. The number of anilines is 1. The molecule has 0 fully saturated rings. The van der Waals surface area contributed by atoms with Crippen LogP contribution < -0.4 is 32.1 Å². The number of methoxy groups -OCH3 is 1. The molecule has 0 aromatic heterocycles. The topological polar surface area (TPSA) is 55.4 Å². The molecule has 0 heterocycles. The number of hydrogen-bond donors (Lipinski definition) is 1. The minimum absolute atomic E-state index is 0. The van der Waals surface area contributed by atoms with E-state index in [0.717, 1.165) is 24.3 Å². The summed E-state index contributed by atoms with van der Waals surface area (Å²) in [4.78, 5) is 13.9. The Kier molecular flexibility index (Phi) is 7.12. The maximum atomic E-state index is 12.5. The average molecular weight is 387 g/mol. The van der Waals surface area contributed by atoms with Crippen LogP contribution in [0.3, 0.4) is 0 Å². The Balaban J connectivity index is 0.00000261.